The number of aromatic nitrogens is 1. The second-order valence-electron chi connectivity index (χ2n) is 3.91. The third-order valence-corrected chi connectivity index (χ3v) is 3.39. The lowest BCUT2D eigenvalue weighted by Gasteiger charge is -2.13. The summed E-state index contributed by atoms with van der Waals surface area (Å²) in [5.41, 5.74) is 0.454. The maximum atomic E-state index is 12.0. The number of rotatable bonds is 6. The monoisotopic (exact) mass is 287 g/mol. The molecule has 0 fully saturated rings. The number of hydrogen-bond donors (Lipinski definition) is 2. The molecule has 1 aromatic rings. The van der Waals surface area contributed by atoms with Gasteiger partial charge in [-0.2, -0.15) is 11.8 Å². The first-order valence-electron chi connectivity index (χ1n) is 5.77. The second-order valence-corrected chi connectivity index (χ2v) is 5.23. The first-order valence-corrected chi connectivity index (χ1v) is 7.54. The Morgan fingerprint density at radius 3 is 2.94 bits per heavy atom. The Morgan fingerprint density at radius 2 is 2.33 bits per heavy atom. The average molecular weight is 288 g/mol. The molecule has 0 aromatic carbocycles. The Hall–Kier alpha value is -0.940. The highest BCUT2D eigenvalue weighted by atomic mass is 35.5. The molecule has 0 spiro atoms. The molecule has 100 valence electrons. The number of amides is 1. The van der Waals surface area contributed by atoms with Crippen molar-refractivity contribution in [3.8, 4) is 0 Å². The third kappa shape index (κ3) is 4.38. The van der Waals surface area contributed by atoms with Crippen LogP contribution < -0.4 is 10.6 Å². The molecule has 0 aliphatic rings. The van der Waals surface area contributed by atoms with E-state index in [0.717, 1.165) is 12.3 Å². The van der Waals surface area contributed by atoms with Crippen LogP contribution in [0.5, 0.6) is 0 Å². The van der Waals surface area contributed by atoms with E-state index < -0.39 is 0 Å². The van der Waals surface area contributed by atoms with Gasteiger partial charge >= 0.3 is 0 Å². The van der Waals surface area contributed by atoms with Gasteiger partial charge in [0.1, 0.15) is 5.82 Å². The van der Waals surface area contributed by atoms with Crippen LogP contribution in [0.2, 0.25) is 5.02 Å². The molecule has 1 unspecified atom stereocenters. The minimum atomic E-state index is -0.164. The van der Waals surface area contributed by atoms with Crippen LogP contribution in [0.25, 0.3) is 0 Å². The summed E-state index contributed by atoms with van der Waals surface area (Å²) in [6.45, 7) is 4.68. The zero-order valence-electron chi connectivity index (χ0n) is 10.8. The lowest BCUT2D eigenvalue weighted by Crippen LogP contribution is -2.34. The number of halogens is 1. The second kappa shape index (κ2) is 7.48. The van der Waals surface area contributed by atoms with Crippen LogP contribution in [0.1, 0.15) is 24.2 Å². The predicted octanol–water partition coefficient (Wildman–Crippen LogP) is 2.65. The maximum Gasteiger partial charge on any atom is 0.253 e. The topological polar surface area (TPSA) is 54.0 Å². The molecule has 0 aliphatic carbocycles. The number of nitrogens with one attached hydrogen (secondary N) is 2. The Bertz CT molecular complexity index is 414. The van der Waals surface area contributed by atoms with E-state index in [-0.39, 0.29) is 11.9 Å². The Balaban J connectivity index is 2.80. The number of anilines is 1. The van der Waals surface area contributed by atoms with Crippen molar-refractivity contribution >= 4 is 35.1 Å². The van der Waals surface area contributed by atoms with Crippen LogP contribution in [0.3, 0.4) is 0 Å². The van der Waals surface area contributed by atoms with E-state index in [0.29, 0.717) is 16.4 Å². The number of pyridine rings is 1. The van der Waals surface area contributed by atoms with Gasteiger partial charge in [-0.05, 0) is 26.2 Å². The van der Waals surface area contributed by atoms with E-state index in [4.69, 9.17) is 11.6 Å². The molecule has 1 amide bonds. The molecule has 0 radical (unpaired) electrons. The average Bonchev–Trinajstić information content (AvgIpc) is 2.32. The molecule has 1 atom stereocenters. The summed E-state index contributed by atoms with van der Waals surface area (Å²) in [6.07, 6.45) is 3.50. The van der Waals surface area contributed by atoms with Crippen molar-refractivity contribution in [1.29, 1.82) is 0 Å². The van der Waals surface area contributed by atoms with E-state index in [2.05, 4.69) is 15.6 Å². The molecule has 1 rings (SSSR count). The summed E-state index contributed by atoms with van der Waals surface area (Å²) in [4.78, 5) is 16.1. The highest BCUT2D eigenvalue weighted by Gasteiger charge is 2.14. The van der Waals surface area contributed by atoms with Crippen LogP contribution in [-0.4, -0.2) is 35.5 Å². The molecule has 0 aliphatic heterocycles. The molecule has 1 heterocycles. The normalized spacial score (nSPS) is 12.0. The van der Waals surface area contributed by atoms with E-state index in [1.54, 1.807) is 17.8 Å². The standard InChI is InChI=1S/C12H18ClN3OS/c1-4-14-11-5-9(10(13)6-15-11)12(17)16-8(2)7-18-3/h5-6,8H,4,7H2,1-3H3,(H,14,15)(H,16,17). The van der Waals surface area contributed by atoms with Gasteiger partial charge in [0.05, 0.1) is 10.6 Å². The van der Waals surface area contributed by atoms with E-state index in [1.807, 2.05) is 20.1 Å². The quantitative estimate of drug-likeness (QED) is 0.845. The van der Waals surface area contributed by atoms with Gasteiger partial charge in [0.25, 0.3) is 5.91 Å². The van der Waals surface area contributed by atoms with Gasteiger partial charge in [-0.3, -0.25) is 4.79 Å². The maximum absolute atomic E-state index is 12.0. The van der Waals surface area contributed by atoms with Crippen molar-refractivity contribution in [2.45, 2.75) is 19.9 Å². The van der Waals surface area contributed by atoms with Gasteiger partial charge < -0.3 is 10.6 Å². The van der Waals surface area contributed by atoms with Crippen molar-refractivity contribution in [3.63, 3.8) is 0 Å². The molecule has 0 saturated heterocycles. The summed E-state index contributed by atoms with van der Waals surface area (Å²) in [6, 6.07) is 1.78. The lowest BCUT2D eigenvalue weighted by atomic mass is 10.2. The summed E-state index contributed by atoms with van der Waals surface area (Å²) >= 11 is 7.69. The van der Waals surface area contributed by atoms with Crippen molar-refractivity contribution in [2.75, 3.05) is 23.9 Å². The largest absolute Gasteiger partial charge is 0.370 e. The van der Waals surface area contributed by atoms with Crippen molar-refractivity contribution < 1.29 is 4.79 Å². The molecular formula is C12H18ClN3OS. The first-order chi connectivity index (χ1) is 8.58. The van der Waals surface area contributed by atoms with E-state index >= 15 is 0 Å². The first kappa shape index (κ1) is 15.1. The van der Waals surface area contributed by atoms with Crippen molar-refractivity contribution in [1.82, 2.24) is 10.3 Å². The van der Waals surface area contributed by atoms with Gasteiger partial charge in [0.2, 0.25) is 0 Å². The molecule has 6 heteroatoms. The summed E-state index contributed by atoms with van der Waals surface area (Å²) < 4.78 is 0. The zero-order chi connectivity index (χ0) is 13.5. The molecule has 0 bridgehead atoms. The van der Waals surface area contributed by atoms with Gasteiger partial charge in [0.15, 0.2) is 0 Å². The Labute approximate surface area is 117 Å². The van der Waals surface area contributed by atoms with Crippen molar-refractivity contribution in [2.24, 2.45) is 0 Å². The van der Waals surface area contributed by atoms with Gasteiger partial charge in [-0.1, -0.05) is 11.6 Å². The molecular weight excluding hydrogens is 270 g/mol. The minimum Gasteiger partial charge on any atom is -0.370 e. The zero-order valence-corrected chi connectivity index (χ0v) is 12.4. The van der Waals surface area contributed by atoms with Crippen LogP contribution >= 0.6 is 23.4 Å². The Morgan fingerprint density at radius 1 is 1.61 bits per heavy atom. The predicted molar refractivity (Wildman–Crippen MR) is 78.7 cm³/mol. The fourth-order valence-electron chi connectivity index (χ4n) is 1.48. The summed E-state index contributed by atoms with van der Waals surface area (Å²) in [5, 5.41) is 6.33. The highest BCUT2D eigenvalue weighted by Crippen LogP contribution is 2.18. The van der Waals surface area contributed by atoms with Crippen LogP contribution in [-0.2, 0) is 0 Å². The van der Waals surface area contributed by atoms with Crippen LogP contribution in [0, 0.1) is 0 Å². The molecule has 0 saturated carbocycles. The number of nitrogens with zero attached hydrogens (tertiary/aromatic N) is 1. The molecule has 1 aromatic heterocycles. The molecule has 4 nitrogen and oxygen atoms in total. The third-order valence-electron chi connectivity index (χ3n) is 2.25. The number of hydrogen-bond acceptors (Lipinski definition) is 4. The van der Waals surface area contributed by atoms with Crippen molar-refractivity contribution in [3.05, 3.63) is 22.8 Å². The van der Waals surface area contributed by atoms with E-state index in [1.165, 1.54) is 6.20 Å². The Kier molecular flexibility index (Phi) is 6.29. The van der Waals surface area contributed by atoms with Gasteiger partial charge in [-0.25, -0.2) is 4.98 Å². The van der Waals surface area contributed by atoms with Gasteiger partial charge in [0, 0.05) is 24.5 Å². The van der Waals surface area contributed by atoms with Crippen LogP contribution in [0.4, 0.5) is 5.82 Å². The fourth-order valence-corrected chi connectivity index (χ4v) is 2.26. The summed E-state index contributed by atoms with van der Waals surface area (Å²) in [7, 11) is 0. The SMILES string of the molecule is CCNc1cc(C(=O)NC(C)CSC)c(Cl)cn1. The molecule has 18 heavy (non-hydrogen) atoms. The number of carbonyl (C=O) groups excluding carboxylic acids is 1. The minimum absolute atomic E-state index is 0.110. The van der Waals surface area contributed by atoms with Gasteiger partial charge in [-0.15, -0.1) is 0 Å². The van der Waals surface area contributed by atoms with E-state index in [9.17, 15) is 4.79 Å². The lowest BCUT2D eigenvalue weighted by molar-refractivity contribution is 0.0944. The molecule has 2 N–H and O–H groups in total. The number of carbonyl (C=O) groups is 1. The van der Waals surface area contributed by atoms with Crippen LogP contribution in [0.15, 0.2) is 12.3 Å². The highest BCUT2D eigenvalue weighted by molar-refractivity contribution is 7.98. The summed E-state index contributed by atoms with van der Waals surface area (Å²) in [5.74, 6) is 1.36. The number of thioether (sulfide) groups is 1. The fraction of sp³-hybridized carbons (Fsp3) is 0.500. The smallest absolute Gasteiger partial charge is 0.253 e.